The molecule has 1 fully saturated rings. The van der Waals surface area contributed by atoms with Crippen LogP contribution < -0.4 is 9.80 Å². The molecule has 0 spiro atoms. The van der Waals surface area contributed by atoms with Gasteiger partial charge in [-0.2, -0.15) is 4.98 Å². The highest BCUT2D eigenvalue weighted by Gasteiger charge is 2.26. The van der Waals surface area contributed by atoms with Crippen LogP contribution in [0.15, 0.2) is 30.5 Å². The second-order valence-electron chi connectivity index (χ2n) is 6.94. The summed E-state index contributed by atoms with van der Waals surface area (Å²) in [6.07, 6.45) is 2.73. The molecular weight excluding hydrogens is 492 g/mol. The molecule has 4 heterocycles. The van der Waals surface area contributed by atoms with Crippen molar-refractivity contribution in [3.63, 3.8) is 0 Å². The molecule has 0 amide bonds. The lowest BCUT2D eigenvalue weighted by atomic mass is 10.0. The summed E-state index contributed by atoms with van der Waals surface area (Å²) in [5, 5.41) is 0.992. The quantitative estimate of drug-likeness (QED) is 0.499. The highest BCUT2D eigenvalue weighted by Crippen LogP contribution is 2.37. The standard InChI is InChI=1S/C19H19FIN5OS/c20-13-1-2-16-14(11-13)15-12-25(6-4-17(15)26(16)28-21)18-3-5-22-19(23-18)24-7-9-27-10-8-24/h1-3,5,11H,4,6-10,12H2. The Bertz CT molecular complexity index is 1020. The largest absolute Gasteiger partial charge is 0.378 e. The highest BCUT2D eigenvalue weighted by molar-refractivity contribution is 14.2. The fraction of sp³-hybridized carbons (Fsp3) is 0.368. The molecule has 3 aromatic rings. The van der Waals surface area contributed by atoms with E-state index in [0.29, 0.717) is 13.2 Å². The van der Waals surface area contributed by atoms with Gasteiger partial charge in [0.05, 0.1) is 18.7 Å². The van der Waals surface area contributed by atoms with Gasteiger partial charge in [0.25, 0.3) is 0 Å². The number of morpholine rings is 1. The fourth-order valence-corrected chi connectivity index (χ4v) is 5.86. The van der Waals surface area contributed by atoms with Crippen LogP contribution >= 0.6 is 30.3 Å². The van der Waals surface area contributed by atoms with Gasteiger partial charge in [0.2, 0.25) is 5.95 Å². The lowest BCUT2D eigenvalue weighted by Crippen LogP contribution is -2.38. The predicted molar refractivity (Wildman–Crippen MR) is 119 cm³/mol. The van der Waals surface area contributed by atoms with E-state index in [1.54, 1.807) is 15.2 Å². The third-order valence-electron chi connectivity index (χ3n) is 5.38. The summed E-state index contributed by atoms with van der Waals surface area (Å²) in [6.45, 7) is 4.64. The van der Waals surface area contributed by atoms with Crippen molar-refractivity contribution in [2.75, 3.05) is 42.6 Å². The first-order chi connectivity index (χ1) is 13.7. The molecule has 2 aromatic heterocycles. The Balaban J connectivity index is 1.49. The first-order valence-corrected chi connectivity index (χ1v) is 12.6. The van der Waals surface area contributed by atoms with Crippen LogP contribution in [0.2, 0.25) is 0 Å². The summed E-state index contributed by atoms with van der Waals surface area (Å²) in [4.78, 5) is 13.7. The Hall–Kier alpha value is -1.59. The zero-order chi connectivity index (χ0) is 19.1. The molecule has 28 heavy (non-hydrogen) atoms. The number of aromatic nitrogens is 3. The average Bonchev–Trinajstić information content (AvgIpc) is 3.06. The topological polar surface area (TPSA) is 46.4 Å². The van der Waals surface area contributed by atoms with Crippen LogP contribution in [0.5, 0.6) is 0 Å². The monoisotopic (exact) mass is 511 g/mol. The fourth-order valence-electron chi connectivity index (χ4n) is 4.00. The van der Waals surface area contributed by atoms with Gasteiger partial charge >= 0.3 is 0 Å². The number of ether oxygens (including phenoxy) is 1. The number of benzene rings is 1. The van der Waals surface area contributed by atoms with E-state index < -0.39 is 0 Å². The van der Waals surface area contributed by atoms with Crippen LogP contribution in [-0.4, -0.2) is 46.8 Å². The number of nitrogens with zero attached hydrogens (tertiary/aromatic N) is 5. The molecule has 6 nitrogen and oxygen atoms in total. The van der Waals surface area contributed by atoms with Crippen molar-refractivity contribution in [1.29, 1.82) is 0 Å². The van der Waals surface area contributed by atoms with Gasteiger partial charge in [-0.25, -0.2) is 9.37 Å². The number of hydrogen-bond acceptors (Lipinski definition) is 6. The molecule has 0 radical (unpaired) electrons. The van der Waals surface area contributed by atoms with Crippen molar-refractivity contribution in [2.45, 2.75) is 13.0 Å². The van der Waals surface area contributed by atoms with Gasteiger partial charge in [0.15, 0.2) is 0 Å². The van der Waals surface area contributed by atoms with Gasteiger partial charge < -0.3 is 14.5 Å². The molecule has 146 valence electrons. The molecule has 0 aliphatic carbocycles. The van der Waals surface area contributed by atoms with Crippen LogP contribution in [0.3, 0.4) is 0 Å². The molecular formula is C19H19FIN5OS. The molecule has 0 N–H and O–H groups in total. The third kappa shape index (κ3) is 3.22. The SMILES string of the molecule is Fc1ccc2c(c1)c1c(n2SI)CCN(c2ccnc(N3CCOCC3)n2)C1. The average molecular weight is 511 g/mol. The van der Waals surface area contributed by atoms with Crippen LogP contribution in [0, 0.1) is 5.82 Å². The third-order valence-corrected chi connectivity index (χ3v) is 7.12. The van der Waals surface area contributed by atoms with Crippen molar-refractivity contribution >= 4 is 53.0 Å². The van der Waals surface area contributed by atoms with Gasteiger partial charge in [0.1, 0.15) is 11.6 Å². The lowest BCUT2D eigenvalue weighted by molar-refractivity contribution is 0.122. The van der Waals surface area contributed by atoms with Crippen LogP contribution in [-0.2, 0) is 17.7 Å². The molecule has 1 saturated heterocycles. The minimum Gasteiger partial charge on any atom is -0.378 e. The molecule has 0 bridgehead atoms. The van der Waals surface area contributed by atoms with Crippen molar-refractivity contribution in [1.82, 2.24) is 13.9 Å². The highest BCUT2D eigenvalue weighted by atomic mass is 127. The summed E-state index contributed by atoms with van der Waals surface area (Å²) in [5.74, 6) is 1.48. The molecule has 1 aromatic carbocycles. The zero-order valence-corrected chi connectivity index (χ0v) is 18.1. The van der Waals surface area contributed by atoms with E-state index >= 15 is 0 Å². The Kier molecular flexibility index (Phi) is 5.06. The van der Waals surface area contributed by atoms with Gasteiger partial charge in [0, 0.05) is 85.8 Å². The summed E-state index contributed by atoms with van der Waals surface area (Å²) < 4.78 is 21.6. The van der Waals surface area contributed by atoms with Crippen LogP contribution in [0.1, 0.15) is 11.3 Å². The van der Waals surface area contributed by atoms with E-state index in [-0.39, 0.29) is 5.82 Å². The Morgan fingerprint density at radius 3 is 2.79 bits per heavy atom. The molecule has 0 saturated carbocycles. The van der Waals surface area contributed by atoms with Gasteiger partial charge in [-0.3, -0.25) is 3.97 Å². The van der Waals surface area contributed by atoms with Crippen LogP contribution in [0.25, 0.3) is 10.9 Å². The molecule has 5 rings (SSSR count). The Morgan fingerprint density at radius 1 is 1.11 bits per heavy atom. The number of halogens is 2. The van der Waals surface area contributed by atoms with E-state index in [1.807, 2.05) is 18.3 Å². The minimum atomic E-state index is -0.195. The van der Waals surface area contributed by atoms with E-state index in [2.05, 4.69) is 40.0 Å². The molecule has 9 heteroatoms. The maximum atomic E-state index is 13.9. The van der Waals surface area contributed by atoms with E-state index in [9.17, 15) is 4.39 Å². The van der Waals surface area contributed by atoms with Crippen molar-refractivity contribution in [3.8, 4) is 0 Å². The van der Waals surface area contributed by atoms with Crippen molar-refractivity contribution in [2.24, 2.45) is 0 Å². The van der Waals surface area contributed by atoms with E-state index in [0.717, 1.165) is 55.3 Å². The Morgan fingerprint density at radius 2 is 1.96 bits per heavy atom. The van der Waals surface area contributed by atoms with E-state index in [4.69, 9.17) is 9.72 Å². The van der Waals surface area contributed by atoms with Gasteiger partial charge in [-0.15, -0.1) is 0 Å². The van der Waals surface area contributed by atoms with Gasteiger partial charge in [-0.05, 0) is 24.3 Å². The normalized spacial score (nSPS) is 17.2. The number of rotatable bonds is 3. The summed E-state index contributed by atoms with van der Waals surface area (Å²) in [6, 6.07) is 7.02. The number of anilines is 2. The molecule has 2 aliphatic rings. The molecule has 2 aliphatic heterocycles. The summed E-state index contributed by atoms with van der Waals surface area (Å²) in [5.41, 5.74) is 3.54. The summed E-state index contributed by atoms with van der Waals surface area (Å²) >= 11 is 2.29. The Labute approximate surface area is 178 Å². The second kappa shape index (κ2) is 7.68. The zero-order valence-electron chi connectivity index (χ0n) is 15.1. The number of fused-ring (bicyclic) bond motifs is 3. The van der Waals surface area contributed by atoms with Gasteiger partial charge in [-0.1, -0.05) is 0 Å². The minimum absolute atomic E-state index is 0.195. The van der Waals surface area contributed by atoms with Crippen molar-refractivity contribution < 1.29 is 9.13 Å². The first-order valence-electron chi connectivity index (χ1n) is 9.26. The first kappa shape index (κ1) is 18.4. The predicted octanol–water partition coefficient (Wildman–Crippen LogP) is 3.82. The van der Waals surface area contributed by atoms with Crippen LogP contribution in [0.4, 0.5) is 16.2 Å². The maximum Gasteiger partial charge on any atom is 0.227 e. The molecule has 0 atom stereocenters. The molecule has 0 unspecified atom stereocenters. The lowest BCUT2D eigenvalue weighted by Gasteiger charge is -2.31. The summed E-state index contributed by atoms with van der Waals surface area (Å²) in [7, 11) is 1.65. The van der Waals surface area contributed by atoms with E-state index in [1.165, 1.54) is 17.3 Å². The number of hydrogen-bond donors (Lipinski definition) is 0. The second-order valence-corrected chi connectivity index (χ2v) is 8.62. The smallest absolute Gasteiger partial charge is 0.227 e. The maximum absolute atomic E-state index is 13.9. The van der Waals surface area contributed by atoms with Crippen molar-refractivity contribution in [3.05, 3.63) is 47.5 Å².